The van der Waals surface area contributed by atoms with E-state index in [0.29, 0.717) is 13.1 Å². The number of rotatable bonds is 2. The van der Waals surface area contributed by atoms with Gasteiger partial charge >= 0.3 is 0 Å². The zero-order valence-corrected chi connectivity index (χ0v) is 14.8. The van der Waals surface area contributed by atoms with Crippen molar-refractivity contribution in [3.8, 4) is 0 Å². The number of pyridine rings is 1. The molecule has 3 aliphatic rings. The molecule has 1 spiro atoms. The SMILES string of the molecule is O=C1N([C@H]2CC[C@@H](O)CC2)CC[C@]12CCCN(c1cc(F)cnc1F)C2. The number of hydrogen-bond acceptors (Lipinski definition) is 4. The molecule has 1 N–H and O–H groups in total. The van der Waals surface area contributed by atoms with E-state index >= 15 is 0 Å². The number of halogens is 2. The molecule has 3 heterocycles. The lowest BCUT2D eigenvalue weighted by atomic mass is 9.78. The summed E-state index contributed by atoms with van der Waals surface area (Å²) in [5, 5.41) is 9.70. The summed E-state index contributed by atoms with van der Waals surface area (Å²) < 4.78 is 27.6. The number of nitrogens with zero attached hydrogens (tertiary/aromatic N) is 3. The van der Waals surface area contributed by atoms with Gasteiger partial charge in [0.25, 0.3) is 0 Å². The van der Waals surface area contributed by atoms with E-state index in [1.165, 1.54) is 6.07 Å². The maximum Gasteiger partial charge on any atom is 0.236 e. The second-order valence-corrected chi connectivity index (χ2v) is 7.98. The summed E-state index contributed by atoms with van der Waals surface area (Å²) in [4.78, 5) is 20.5. The van der Waals surface area contributed by atoms with Gasteiger partial charge in [0.05, 0.1) is 23.4 Å². The van der Waals surface area contributed by atoms with Crippen molar-refractivity contribution < 1.29 is 18.7 Å². The number of anilines is 1. The van der Waals surface area contributed by atoms with E-state index in [1.807, 2.05) is 4.90 Å². The molecule has 0 unspecified atom stereocenters. The van der Waals surface area contributed by atoms with E-state index < -0.39 is 17.2 Å². The molecule has 2 aliphatic heterocycles. The number of aliphatic hydroxyl groups excluding tert-OH is 1. The second-order valence-electron chi connectivity index (χ2n) is 7.98. The number of carbonyl (C=O) groups excluding carboxylic acids is 1. The Kier molecular flexibility index (Phi) is 4.59. The van der Waals surface area contributed by atoms with Crippen molar-refractivity contribution in [2.75, 3.05) is 24.5 Å². The van der Waals surface area contributed by atoms with Gasteiger partial charge in [-0.05, 0) is 44.9 Å². The van der Waals surface area contributed by atoms with E-state index in [0.717, 1.165) is 57.7 Å². The summed E-state index contributed by atoms with van der Waals surface area (Å²) in [7, 11) is 0. The molecule has 0 bridgehead atoms. The fourth-order valence-electron chi connectivity index (χ4n) is 4.92. The highest BCUT2D eigenvalue weighted by molar-refractivity contribution is 5.86. The molecule has 26 heavy (non-hydrogen) atoms. The van der Waals surface area contributed by atoms with Gasteiger partial charge in [0.1, 0.15) is 5.82 Å². The average Bonchev–Trinajstić information content (AvgIpc) is 2.94. The summed E-state index contributed by atoms with van der Waals surface area (Å²) in [5.41, 5.74) is -0.358. The van der Waals surface area contributed by atoms with Crippen LogP contribution < -0.4 is 4.90 Å². The lowest BCUT2D eigenvalue weighted by Gasteiger charge is -2.41. The molecule has 1 aromatic heterocycles. The molecule has 0 aromatic carbocycles. The van der Waals surface area contributed by atoms with Crippen LogP contribution in [0, 0.1) is 17.2 Å². The van der Waals surface area contributed by atoms with Crippen LogP contribution in [0.3, 0.4) is 0 Å². The molecule has 1 saturated carbocycles. The molecular weight excluding hydrogens is 340 g/mol. The molecular formula is C19H25F2N3O2. The Balaban J connectivity index is 1.51. The molecule has 0 radical (unpaired) electrons. The third kappa shape index (κ3) is 3.06. The second kappa shape index (κ2) is 6.76. The van der Waals surface area contributed by atoms with Crippen LogP contribution in [0.15, 0.2) is 12.3 Å². The quantitative estimate of drug-likeness (QED) is 0.818. The predicted molar refractivity (Wildman–Crippen MR) is 92.6 cm³/mol. The molecule has 3 fully saturated rings. The Morgan fingerprint density at radius 2 is 1.92 bits per heavy atom. The van der Waals surface area contributed by atoms with Crippen LogP contribution in [0.5, 0.6) is 0 Å². The smallest absolute Gasteiger partial charge is 0.236 e. The van der Waals surface area contributed by atoms with Crippen molar-refractivity contribution >= 4 is 11.6 Å². The van der Waals surface area contributed by atoms with Crippen molar-refractivity contribution in [2.45, 2.75) is 57.1 Å². The molecule has 1 amide bonds. The van der Waals surface area contributed by atoms with Gasteiger partial charge in [-0.15, -0.1) is 0 Å². The van der Waals surface area contributed by atoms with Gasteiger partial charge < -0.3 is 14.9 Å². The van der Waals surface area contributed by atoms with Crippen LogP contribution in [0.4, 0.5) is 14.5 Å². The molecule has 1 aliphatic carbocycles. The molecule has 7 heteroatoms. The highest BCUT2D eigenvalue weighted by atomic mass is 19.1. The Morgan fingerprint density at radius 1 is 1.15 bits per heavy atom. The highest BCUT2D eigenvalue weighted by Gasteiger charge is 2.50. The zero-order valence-electron chi connectivity index (χ0n) is 14.8. The summed E-state index contributed by atoms with van der Waals surface area (Å²) in [6.07, 6.45) is 6.12. The number of likely N-dealkylation sites (tertiary alicyclic amines) is 1. The maximum atomic E-state index is 14.1. The lowest BCUT2D eigenvalue weighted by molar-refractivity contribution is -0.139. The minimum Gasteiger partial charge on any atom is -0.393 e. The molecule has 142 valence electrons. The zero-order chi connectivity index (χ0) is 18.3. The van der Waals surface area contributed by atoms with Gasteiger partial charge in [0.2, 0.25) is 11.9 Å². The Bertz CT molecular complexity index is 693. The van der Waals surface area contributed by atoms with Crippen LogP contribution in [-0.4, -0.2) is 52.7 Å². The largest absolute Gasteiger partial charge is 0.393 e. The molecule has 1 atom stereocenters. The first kappa shape index (κ1) is 17.6. The maximum absolute atomic E-state index is 14.1. The third-order valence-corrected chi connectivity index (χ3v) is 6.36. The Labute approximate surface area is 152 Å². The van der Waals surface area contributed by atoms with E-state index in [1.54, 1.807) is 4.90 Å². The first-order valence-electron chi connectivity index (χ1n) is 9.54. The van der Waals surface area contributed by atoms with Crippen LogP contribution in [-0.2, 0) is 4.79 Å². The van der Waals surface area contributed by atoms with Gasteiger partial charge in [-0.2, -0.15) is 4.39 Å². The van der Waals surface area contributed by atoms with Crippen molar-refractivity contribution in [1.29, 1.82) is 0 Å². The van der Waals surface area contributed by atoms with Crippen LogP contribution >= 0.6 is 0 Å². The van der Waals surface area contributed by atoms with E-state index in [2.05, 4.69) is 4.98 Å². The highest BCUT2D eigenvalue weighted by Crippen LogP contribution is 2.43. The summed E-state index contributed by atoms with van der Waals surface area (Å²) in [6, 6.07) is 1.37. The summed E-state index contributed by atoms with van der Waals surface area (Å²) >= 11 is 0. The third-order valence-electron chi connectivity index (χ3n) is 6.36. The van der Waals surface area contributed by atoms with Gasteiger partial charge in [-0.1, -0.05) is 0 Å². The van der Waals surface area contributed by atoms with E-state index in [-0.39, 0.29) is 23.7 Å². The van der Waals surface area contributed by atoms with Crippen molar-refractivity contribution in [3.63, 3.8) is 0 Å². The normalized spacial score (nSPS) is 32.5. The minimum absolute atomic E-state index is 0.147. The number of aliphatic hydroxyl groups is 1. The molecule has 4 rings (SSSR count). The molecule has 1 aromatic rings. The monoisotopic (exact) mass is 365 g/mol. The summed E-state index contributed by atoms with van der Waals surface area (Å²) in [6.45, 7) is 1.74. The summed E-state index contributed by atoms with van der Waals surface area (Å²) in [5.74, 6) is -1.11. The number of amides is 1. The molecule has 5 nitrogen and oxygen atoms in total. The first-order chi connectivity index (χ1) is 12.5. The minimum atomic E-state index is -0.688. The number of hydrogen-bond donors (Lipinski definition) is 1. The topological polar surface area (TPSA) is 56.7 Å². The standard InChI is InChI=1S/C19H25F2N3O2/c20-13-10-16(17(21)22-11-13)23-8-1-6-19(12-23)7-9-24(18(19)26)14-2-4-15(25)5-3-14/h10-11,14-15,25H,1-9,12H2/t14-,15+,19-/m0/s1. The van der Waals surface area contributed by atoms with Gasteiger partial charge in [0.15, 0.2) is 0 Å². The van der Waals surface area contributed by atoms with Gasteiger partial charge in [-0.25, -0.2) is 9.37 Å². The van der Waals surface area contributed by atoms with Crippen LogP contribution in [0.25, 0.3) is 0 Å². The van der Waals surface area contributed by atoms with Crippen LogP contribution in [0.2, 0.25) is 0 Å². The number of carbonyl (C=O) groups is 1. The van der Waals surface area contributed by atoms with E-state index in [4.69, 9.17) is 0 Å². The fourth-order valence-corrected chi connectivity index (χ4v) is 4.92. The lowest BCUT2D eigenvalue weighted by Crippen LogP contribution is -2.50. The Hall–Kier alpha value is -1.76. The van der Waals surface area contributed by atoms with Crippen molar-refractivity contribution in [3.05, 3.63) is 24.0 Å². The van der Waals surface area contributed by atoms with Crippen molar-refractivity contribution in [1.82, 2.24) is 9.88 Å². The first-order valence-corrected chi connectivity index (χ1v) is 9.54. The number of piperidine rings is 1. The fraction of sp³-hybridized carbons (Fsp3) is 0.684. The average molecular weight is 365 g/mol. The van der Waals surface area contributed by atoms with E-state index in [9.17, 15) is 18.7 Å². The van der Waals surface area contributed by atoms with Gasteiger partial charge in [0, 0.05) is 31.7 Å². The van der Waals surface area contributed by atoms with Crippen molar-refractivity contribution in [2.24, 2.45) is 5.41 Å². The number of aromatic nitrogens is 1. The predicted octanol–water partition coefficient (Wildman–Crippen LogP) is 2.48. The Morgan fingerprint density at radius 3 is 2.69 bits per heavy atom. The molecule has 2 saturated heterocycles. The van der Waals surface area contributed by atoms with Gasteiger partial charge in [-0.3, -0.25) is 4.79 Å². The van der Waals surface area contributed by atoms with Crippen LogP contribution in [0.1, 0.15) is 44.9 Å².